The Morgan fingerprint density at radius 3 is 2.74 bits per heavy atom. The first-order chi connectivity index (χ1) is 10.7. The molecule has 6 heteroatoms. The number of nitrogens with zero attached hydrogens (tertiary/aromatic N) is 2. The second-order valence-electron chi connectivity index (χ2n) is 6.37. The van der Waals surface area contributed by atoms with Crippen molar-refractivity contribution in [2.24, 2.45) is 0 Å². The van der Waals surface area contributed by atoms with Gasteiger partial charge in [0.05, 0.1) is 5.60 Å². The van der Waals surface area contributed by atoms with Crippen molar-refractivity contribution < 1.29 is 14.3 Å². The van der Waals surface area contributed by atoms with E-state index in [0.717, 1.165) is 5.56 Å². The second kappa shape index (κ2) is 6.91. The number of carbonyl (C=O) groups is 1. The first-order valence-electron chi connectivity index (χ1n) is 7.67. The Morgan fingerprint density at radius 2 is 2.13 bits per heavy atom. The highest BCUT2D eigenvalue weighted by Gasteiger charge is 2.17. The monoisotopic (exact) mass is 317 g/mol. The van der Waals surface area contributed by atoms with Crippen LogP contribution in [-0.2, 0) is 6.42 Å². The first-order valence-corrected chi connectivity index (χ1v) is 7.67. The topological polar surface area (TPSA) is 88.2 Å². The summed E-state index contributed by atoms with van der Waals surface area (Å²) in [7, 11) is 0. The number of aromatic nitrogens is 2. The largest absolute Gasteiger partial charge is 0.423 e. The molecule has 0 saturated heterocycles. The van der Waals surface area contributed by atoms with Crippen molar-refractivity contribution in [2.45, 2.75) is 52.2 Å². The van der Waals surface area contributed by atoms with Crippen LogP contribution in [0, 0.1) is 6.92 Å². The number of hydrogen-bond acceptors (Lipinski definition) is 5. The predicted octanol–water partition coefficient (Wildman–Crippen LogP) is 2.57. The highest BCUT2D eigenvalue weighted by atomic mass is 16.4. The van der Waals surface area contributed by atoms with Gasteiger partial charge in [-0.05, 0) is 51.3 Å². The van der Waals surface area contributed by atoms with Crippen LogP contribution >= 0.6 is 0 Å². The van der Waals surface area contributed by atoms with Gasteiger partial charge < -0.3 is 14.8 Å². The third-order valence-corrected chi connectivity index (χ3v) is 3.47. The summed E-state index contributed by atoms with van der Waals surface area (Å²) in [6.07, 6.45) is 1.35. The molecule has 0 radical (unpaired) electrons. The van der Waals surface area contributed by atoms with Gasteiger partial charge >= 0.3 is 0 Å². The third kappa shape index (κ3) is 5.17. The number of nitrogens with one attached hydrogen (secondary N) is 1. The molecule has 0 bridgehead atoms. The lowest BCUT2D eigenvalue weighted by molar-refractivity contribution is 0.0714. The number of carbonyl (C=O) groups excluding carboxylic acids is 1. The van der Waals surface area contributed by atoms with Crippen LogP contribution in [0.1, 0.15) is 60.9 Å². The second-order valence-corrected chi connectivity index (χ2v) is 6.37. The van der Waals surface area contributed by atoms with E-state index in [-0.39, 0.29) is 11.9 Å². The maximum absolute atomic E-state index is 12.3. The molecule has 2 aromatic rings. The normalized spacial score (nSPS) is 12.9. The lowest BCUT2D eigenvalue weighted by atomic mass is 9.98. The Labute approximate surface area is 135 Å². The van der Waals surface area contributed by atoms with Crippen LogP contribution < -0.4 is 5.32 Å². The first kappa shape index (κ1) is 17.1. The molecule has 2 N–H and O–H groups in total. The van der Waals surface area contributed by atoms with Crippen molar-refractivity contribution in [3.8, 4) is 0 Å². The molecule has 124 valence electrons. The summed E-state index contributed by atoms with van der Waals surface area (Å²) in [5.74, 6) is 0.655. The van der Waals surface area contributed by atoms with Crippen LogP contribution in [0.4, 0.5) is 0 Å². The van der Waals surface area contributed by atoms with E-state index in [4.69, 9.17) is 4.42 Å². The Morgan fingerprint density at radius 1 is 1.39 bits per heavy atom. The van der Waals surface area contributed by atoms with Crippen molar-refractivity contribution >= 4 is 5.91 Å². The van der Waals surface area contributed by atoms with Crippen LogP contribution in [0.2, 0.25) is 0 Å². The maximum Gasteiger partial charge on any atom is 0.251 e. The molecule has 0 spiro atoms. The maximum atomic E-state index is 12.3. The zero-order valence-corrected chi connectivity index (χ0v) is 14.0. The van der Waals surface area contributed by atoms with E-state index in [1.54, 1.807) is 33.8 Å². The zero-order valence-electron chi connectivity index (χ0n) is 14.0. The molecule has 0 fully saturated rings. The SMILES string of the molecule is Cc1nnc(C(C)NC(=O)c2cccc(CCC(C)(C)O)c2)o1. The van der Waals surface area contributed by atoms with Gasteiger partial charge in [0.15, 0.2) is 0 Å². The van der Waals surface area contributed by atoms with Crippen LogP contribution in [0.25, 0.3) is 0 Å². The van der Waals surface area contributed by atoms with Crippen LogP contribution in [0.3, 0.4) is 0 Å². The van der Waals surface area contributed by atoms with E-state index in [1.807, 2.05) is 18.2 Å². The molecule has 23 heavy (non-hydrogen) atoms. The van der Waals surface area contributed by atoms with Gasteiger partial charge in [-0.15, -0.1) is 10.2 Å². The number of aryl methyl sites for hydroxylation is 2. The average molecular weight is 317 g/mol. The fourth-order valence-corrected chi connectivity index (χ4v) is 2.15. The summed E-state index contributed by atoms with van der Waals surface area (Å²) in [5, 5.41) is 20.3. The molecule has 0 aliphatic rings. The lowest BCUT2D eigenvalue weighted by Crippen LogP contribution is -2.27. The molecule has 0 aliphatic carbocycles. The molecule has 1 aromatic carbocycles. The Hall–Kier alpha value is -2.21. The van der Waals surface area contributed by atoms with Crippen LogP contribution in [0.5, 0.6) is 0 Å². The molecule has 0 aliphatic heterocycles. The van der Waals surface area contributed by atoms with Gasteiger partial charge in [0.2, 0.25) is 11.8 Å². The minimum Gasteiger partial charge on any atom is -0.423 e. The highest BCUT2D eigenvalue weighted by molar-refractivity contribution is 5.94. The van der Waals surface area contributed by atoms with E-state index >= 15 is 0 Å². The summed E-state index contributed by atoms with van der Waals surface area (Å²) >= 11 is 0. The standard InChI is InChI=1S/C17H23N3O3/c1-11(16-20-19-12(2)23-16)18-15(21)14-7-5-6-13(10-14)8-9-17(3,4)22/h5-7,10-11,22H,8-9H2,1-4H3,(H,18,21). The fraction of sp³-hybridized carbons (Fsp3) is 0.471. The Balaban J connectivity index is 2.02. The van der Waals surface area contributed by atoms with E-state index in [9.17, 15) is 9.90 Å². The molecule has 0 saturated carbocycles. The fourth-order valence-electron chi connectivity index (χ4n) is 2.15. The average Bonchev–Trinajstić information content (AvgIpc) is 2.91. The minimum atomic E-state index is -0.720. The van der Waals surface area contributed by atoms with Gasteiger partial charge in [0.25, 0.3) is 5.91 Å². The molecule has 1 atom stereocenters. The number of rotatable bonds is 6. The Bertz CT molecular complexity index is 674. The summed E-state index contributed by atoms with van der Waals surface area (Å²) in [6.45, 7) is 7.05. The van der Waals surface area contributed by atoms with E-state index in [0.29, 0.717) is 30.2 Å². The van der Waals surface area contributed by atoms with Gasteiger partial charge in [-0.25, -0.2) is 0 Å². The number of benzene rings is 1. The molecular formula is C17H23N3O3. The van der Waals surface area contributed by atoms with Gasteiger partial charge in [-0.1, -0.05) is 12.1 Å². The molecule has 1 unspecified atom stereocenters. The molecule has 6 nitrogen and oxygen atoms in total. The van der Waals surface area contributed by atoms with Crippen molar-refractivity contribution in [1.82, 2.24) is 15.5 Å². The van der Waals surface area contributed by atoms with E-state index < -0.39 is 5.60 Å². The predicted molar refractivity (Wildman–Crippen MR) is 86.0 cm³/mol. The highest BCUT2D eigenvalue weighted by Crippen LogP contribution is 2.16. The van der Waals surface area contributed by atoms with Crippen molar-refractivity contribution in [1.29, 1.82) is 0 Å². The quantitative estimate of drug-likeness (QED) is 0.855. The van der Waals surface area contributed by atoms with Gasteiger partial charge in [-0.3, -0.25) is 4.79 Å². The summed E-state index contributed by atoms with van der Waals surface area (Å²) < 4.78 is 5.32. The summed E-state index contributed by atoms with van der Waals surface area (Å²) in [5.41, 5.74) is 0.866. The molecule has 1 amide bonds. The third-order valence-electron chi connectivity index (χ3n) is 3.47. The van der Waals surface area contributed by atoms with Crippen molar-refractivity contribution in [2.75, 3.05) is 0 Å². The van der Waals surface area contributed by atoms with Crippen molar-refractivity contribution in [3.05, 3.63) is 47.2 Å². The Kier molecular flexibility index (Phi) is 5.15. The summed E-state index contributed by atoms with van der Waals surface area (Å²) in [6, 6.07) is 7.04. The lowest BCUT2D eigenvalue weighted by Gasteiger charge is -2.17. The van der Waals surface area contributed by atoms with Gasteiger partial charge in [0.1, 0.15) is 6.04 Å². The van der Waals surface area contributed by atoms with Gasteiger partial charge in [0, 0.05) is 12.5 Å². The molecule has 1 heterocycles. The number of amides is 1. The van der Waals surface area contributed by atoms with Gasteiger partial charge in [-0.2, -0.15) is 0 Å². The minimum absolute atomic E-state index is 0.196. The zero-order chi connectivity index (χ0) is 17.0. The summed E-state index contributed by atoms with van der Waals surface area (Å²) in [4.78, 5) is 12.3. The molecule has 1 aromatic heterocycles. The van der Waals surface area contributed by atoms with Crippen molar-refractivity contribution in [3.63, 3.8) is 0 Å². The van der Waals surface area contributed by atoms with E-state index in [1.165, 1.54) is 0 Å². The molecular weight excluding hydrogens is 294 g/mol. The van der Waals surface area contributed by atoms with Crippen LogP contribution in [-0.4, -0.2) is 26.8 Å². The number of hydrogen-bond donors (Lipinski definition) is 2. The number of aliphatic hydroxyl groups is 1. The van der Waals surface area contributed by atoms with E-state index in [2.05, 4.69) is 15.5 Å². The van der Waals surface area contributed by atoms with Crippen LogP contribution in [0.15, 0.2) is 28.7 Å². The smallest absolute Gasteiger partial charge is 0.251 e. The molecule has 2 rings (SSSR count).